The number of hydrogen-bond donors (Lipinski definition) is 2. The molecule has 5 rings (SSSR count). The first-order valence-corrected chi connectivity index (χ1v) is 12.1. The fraction of sp³-hybridized carbons (Fsp3) is 0.667. The van der Waals surface area contributed by atoms with E-state index in [2.05, 4.69) is 10.0 Å². The Bertz CT molecular complexity index is 846. The molecule has 0 aromatic heterocycles. The number of carbonyl (C=O) groups excluding carboxylic acids is 1. The predicted molar refractivity (Wildman–Crippen MR) is 110 cm³/mol. The normalized spacial score (nSPS) is 31.4. The van der Waals surface area contributed by atoms with E-state index in [1.54, 1.807) is 13.8 Å². The van der Waals surface area contributed by atoms with Gasteiger partial charge in [-0.2, -0.15) is 0 Å². The molecule has 1 aromatic carbocycles. The highest BCUT2D eigenvalue weighted by Crippen LogP contribution is 2.59. The summed E-state index contributed by atoms with van der Waals surface area (Å²) in [6.45, 7) is 4.17. The topological polar surface area (TPSA) is 75.3 Å². The molecule has 0 unspecified atom stereocenters. The molecule has 0 aliphatic heterocycles. The van der Waals surface area contributed by atoms with Gasteiger partial charge in [0, 0.05) is 12.6 Å². The van der Waals surface area contributed by atoms with E-state index in [0.29, 0.717) is 6.54 Å². The van der Waals surface area contributed by atoms with Gasteiger partial charge in [-0.1, -0.05) is 11.6 Å². The van der Waals surface area contributed by atoms with Crippen molar-refractivity contribution >= 4 is 27.5 Å². The van der Waals surface area contributed by atoms with Gasteiger partial charge in [0.05, 0.1) is 15.5 Å². The number of benzene rings is 1. The highest BCUT2D eigenvalue weighted by Gasteiger charge is 2.50. The summed E-state index contributed by atoms with van der Waals surface area (Å²) >= 11 is 6.23. The Morgan fingerprint density at radius 1 is 1.14 bits per heavy atom. The molecule has 0 spiro atoms. The zero-order valence-corrected chi connectivity index (χ0v) is 18.1. The number of carbonyl (C=O) groups is 1. The maximum absolute atomic E-state index is 12.8. The SMILES string of the molecule is CC(C)NS(=O)(=O)c1ccc(Cl)c(C(=O)NCC23CC4CC(CC(C4)C2)C3)c1. The zero-order valence-electron chi connectivity index (χ0n) is 16.5. The molecule has 0 heterocycles. The lowest BCUT2D eigenvalue weighted by molar-refractivity contribution is -0.0503. The van der Waals surface area contributed by atoms with Gasteiger partial charge >= 0.3 is 0 Å². The number of sulfonamides is 1. The minimum Gasteiger partial charge on any atom is -0.351 e. The van der Waals surface area contributed by atoms with E-state index in [0.717, 1.165) is 17.8 Å². The molecule has 28 heavy (non-hydrogen) atoms. The van der Waals surface area contributed by atoms with Crippen LogP contribution in [0.25, 0.3) is 0 Å². The van der Waals surface area contributed by atoms with Crippen LogP contribution in [0.5, 0.6) is 0 Å². The Morgan fingerprint density at radius 2 is 1.71 bits per heavy atom. The molecule has 5 nitrogen and oxygen atoms in total. The standard InChI is InChI=1S/C21H29ClN2O3S/c1-13(2)24-28(26,27)17-3-4-19(22)18(8-17)20(25)23-12-21-9-14-5-15(10-21)7-16(6-14)11-21/h3-4,8,13-16,24H,5-7,9-12H2,1-2H3,(H,23,25). The number of rotatable bonds is 6. The molecule has 4 bridgehead atoms. The summed E-state index contributed by atoms with van der Waals surface area (Å²) < 4.78 is 27.4. The predicted octanol–water partition coefficient (Wildman–Crippen LogP) is 3.97. The molecule has 4 aliphatic rings. The van der Waals surface area contributed by atoms with Crippen LogP contribution in [0, 0.1) is 23.2 Å². The van der Waals surface area contributed by atoms with Crippen molar-refractivity contribution in [1.82, 2.24) is 10.0 Å². The highest BCUT2D eigenvalue weighted by molar-refractivity contribution is 7.89. The molecule has 4 aliphatic carbocycles. The molecule has 0 atom stereocenters. The number of amides is 1. The van der Waals surface area contributed by atoms with Crippen LogP contribution in [0.15, 0.2) is 23.1 Å². The third-order valence-electron chi connectivity index (χ3n) is 6.67. The average molecular weight is 425 g/mol. The lowest BCUT2D eigenvalue weighted by Gasteiger charge is -2.56. The molecule has 0 saturated heterocycles. The highest BCUT2D eigenvalue weighted by atomic mass is 35.5. The van der Waals surface area contributed by atoms with E-state index in [-0.39, 0.29) is 32.8 Å². The van der Waals surface area contributed by atoms with Gasteiger partial charge in [-0.15, -0.1) is 0 Å². The van der Waals surface area contributed by atoms with Gasteiger partial charge < -0.3 is 5.32 Å². The average Bonchev–Trinajstić information content (AvgIpc) is 2.57. The maximum Gasteiger partial charge on any atom is 0.252 e. The molecule has 4 fully saturated rings. The maximum atomic E-state index is 12.8. The molecule has 0 radical (unpaired) electrons. The van der Waals surface area contributed by atoms with Crippen LogP contribution in [0.4, 0.5) is 0 Å². The summed E-state index contributed by atoms with van der Waals surface area (Å²) in [5.41, 5.74) is 0.442. The van der Waals surface area contributed by atoms with E-state index in [1.807, 2.05) is 0 Å². The summed E-state index contributed by atoms with van der Waals surface area (Å²) in [4.78, 5) is 12.9. The van der Waals surface area contributed by atoms with Crippen molar-refractivity contribution in [2.24, 2.45) is 23.2 Å². The smallest absolute Gasteiger partial charge is 0.252 e. The van der Waals surface area contributed by atoms with Crippen LogP contribution in [0.1, 0.15) is 62.7 Å². The van der Waals surface area contributed by atoms with Crippen LogP contribution < -0.4 is 10.0 Å². The monoisotopic (exact) mass is 424 g/mol. The van der Waals surface area contributed by atoms with E-state index in [1.165, 1.54) is 56.7 Å². The van der Waals surface area contributed by atoms with E-state index < -0.39 is 10.0 Å². The van der Waals surface area contributed by atoms with Crippen molar-refractivity contribution in [1.29, 1.82) is 0 Å². The van der Waals surface area contributed by atoms with E-state index >= 15 is 0 Å². The second-order valence-electron chi connectivity index (χ2n) is 9.52. The number of halogens is 1. The van der Waals surface area contributed by atoms with Crippen LogP contribution in [-0.4, -0.2) is 26.9 Å². The van der Waals surface area contributed by atoms with Crippen LogP contribution >= 0.6 is 11.6 Å². The van der Waals surface area contributed by atoms with Crippen molar-refractivity contribution in [3.05, 3.63) is 28.8 Å². The van der Waals surface area contributed by atoms with Gasteiger partial charge in [-0.25, -0.2) is 13.1 Å². The zero-order chi connectivity index (χ0) is 20.1. The molecule has 4 saturated carbocycles. The van der Waals surface area contributed by atoms with Gasteiger partial charge in [0.15, 0.2) is 0 Å². The van der Waals surface area contributed by atoms with Crippen molar-refractivity contribution in [2.75, 3.05) is 6.54 Å². The third kappa shape index (κ3) is 3.96. The quantitative estimate of drug-likeness (QED) is 0.725. The summed E-state index contributed by atoms with van der Waals surface area (Å²) in [5, 5.41) is 3.35. The van der Waals surface area contributed by atoms with E-state index in [4.69, 9.17) is 11.6 Å². The first-order valence-electron chi connectivity index (χ1n) is 10.3. The Balaban J connectivity index is 1.49. The molecule has 1 aromatic rings. The Labute approximate surface area is 172 Å². The molecular formula is C21H29ClN2O3S. The van der Waals surface area contributed by atoms with Crippen molar-refractivity contribution in [3.63, 3.8) is 0 Å². The van der Waals surface area contributed by atoms with Crippen molar-refractivity contribution < 1.29 is 13.2 Å². The summed E-state index contributed by atoms with van der Waals surface area (Å²) in [7, 11) is -3.67. The van der Waals surface area contributed by atoms with Gasteiger partial charge in [-0.3, -0.25) is 4.79 Å². The van der Waals surface area contributed by atoms with Crippen LogP contribution in [0.2, 0.25) is 5.02 Å². The van der Waals surface area contributed by atoms with E-state index in [9.17, 15) is 13.2 Å². The second kappa shape index (κ2) is 7.29. The Kier molecular flexibility index (Phi) is 5.26. The lowest BCUT2D eigenvalue weighted by Crippen LogP contribution is -2.51. The summed E-state index contributed by atoms with van der Waals surface area (Å²) in [5.74, 6) is 2.18. The summed E-state index contributed by atoms with van der Waals surface area (Å²) in [6.07, 6.45) is 7.71. The molecule has 1 amide bonds. The van der Waals surface area contributed by atoms with Gasteiger partial charge in [0.2, 0.25) is 10.0 Å². The molecule has 154 valence electrons. The fourth-order valence-corrected chi connectivity index (χ4v) is 7.57. The van der Waals surface area contributed by atoms with Crippen LogP contribution in [-0.2, 0) is 10.0 Å². The van der Waals surface area contributed by atoms with Crippen LogP contribution in [0.3, 0.4) is 0 Å². The number of nitrogens with one attached hydrogen (secondary N) is 2. The number of hydrogen-bond acceptors (Lipinski definition) is 3. The summed E-state index contributed by atoms with van der Waals surface area (Å²) in [6, 6.07) is 4.06. The Morgan fingerprint density at radius 3 is 2.25 bits per heavy atom. The first-order chi connectivity index (χ1) is 13.2. The first kappa shape index (κ1) is 20.2. The van der Waals surface area contributed by atoms with Crippen molar-refractivity contribution in [3.8, 4) is 0 Å². The molecule has 7 heteroatoms. The minimum absolute atomic E-state index is 0.0607. The van der Waals surface area contributed by atoms with Gasteiger partial charge in [-0.05, 0) is 93.7 Å². The molecule has 2 N–H and O–H groups in total. The minimum atomic E-state index is -3.67. The largest absolute Gasteiger partial charge is 0.351 e. The second-order valence-corrected chi connectivity index (χ2v) is 11.6. The van der Waals surface area contributed by atoms with Gasteiger partial charge in [0.1, 0.15) is 0 Å². The van der Waals surface area contributed by atoms with Gasteiger partial charge in [0.25, 0.3) is 5.91 Å². The third-order valence-corrected chi connectivity index (χ3v) is 8.66. The van der Waals surface area contributed by atoms with Crippen molar-refractivity contribution in [2.45, 2.75) is 63.3 Å². The Hall–Kier alpha value is -1.11. The lowest BCUT2D eigenvalue weighted by atomic mass is 9.49. The molecular weight excluding hydrogens is 396 g/mol. The fourth-order valence-electron chi connectivity index (χ4n) is 6.09.